The number of methoxy groups -OCH3 is 2. The Kier molecular flexibility index (Phi) is 5.67. The van der Waals surface area contributed by atoms with Crippen LogP contribution in [0.4, 0.5) is 0 Å². The summed E-state index contributed by atoms with van der Waals surface area (Å²) in [7, 11) is 3.20. The van der Waals surface area contributed by atoms with Gasteiger partial charge in [0.1, 0.15) is 11.5 Å². The molecule has 0 saturated heterocycles. The zero-order valence-electron chi connectivity index (χ0n) is 12.8. The lowest BCUT2D eigenvalue weighted by molar-refractivity contribution is 0.104. The molecule has 2 aromatic carbocycles. The van der Waals surface area contributed by atoms with Crippen LogP contribution in [-0.4, -0.2) is 26.3 Å². The van der Waals surface area contributed by atoms with Crippen LogP contribution in [0.1, 0.15) is 15.9 Å². The SMILES string of the molecule is COc1ccc(OC)c(/C=C/C(=O)c2ccc(SC)cc2)c1. The molecule has 0 aromatic heterocycles. The van der Waals surface area contributed by atoms with E-state index < -0.39 is 0 Å². The molecular weight excluding hydrogens is 296 g/mol. The predicted octanol–water partition coefficient (Wildman–Crippen LogP) is 4.32. The van der Waals surface area contributed by atoms with Crippen LogP contribution in [0, 0.1) is 0 Å². The maximum absolute atomic E-state index is 12.2. The van der Waals surface area contributed by atoms with Crippen LogP contribution < -0.4 is 9.47 Å². The van der Waals surface area contributed by atoms with Crippen LogP contribution in [0.5, 0.6) is 11.5 Å². The van der Waals surface area contributed by atoms with E-state index >= 15 is 0 Å². The van der Waals surface area contributed by atoms with Gasteiger partial charge in [-0.15, -0.1) is 11.8 Å². The van der Waals surface area contributed by atoms with Crippen LogP contribution >= 0.6 is 11.8 Å². The first-order valence-electron chi connectivity index (χ1n) is 6.76. The van der Waals surface area contributed by atoms with Gasteiger partial charge in [0, 0.05) is 16.0 Å². The Hall–Kier alpha value is -2.20. The molecule has 0 amide bonds. The Morgan fingerprint density at radius 3 is 2.36 bits per heavy atom. The second-order valence-electron chi connectivity index (χ2n) is 4.53. The van der Waals surface area contributed by atoms with Crippen LogP contribution in [0.2, 0.25) is 0 Å². The van der Waals surface area contributed by atoms with Gasteiger partial charge in [0.2, 0.25) is 0 Å². The largest absolute Gasteiger partial charge is 0.497 e. The quantitative estimate of drug-likeness (QED) is 0.452. The highest BCUT2D eigenvalue weighted by Crippen LogP contribution is 2.25. The maximum atomic E-state index is 12.2. The molecule has 0 spiro atoms. The molecule has 0 aliphatic rings. The minimum Gasteiger partial charge on any atom is -0.497 e. The molecule has 0 atom stereocenters. The summed E-state index contributed by atoms with van der Waals surface area (Å²) in [5, 5.41) is 0. The van der Waals surface area contributed by atoms with E-state index in [4.69, 9.17) is 9.47 Å². The monoisotopic (exact) mass is 314 g/mol. The number of hydrogen-bond donors (Lipinski definition) is 0. The van der Waals surface area contributed by atoms with Gasteiger partial charge in [-0.05, 0) is 60.9 Å². The third-order valence-electron chi connectivity index (χ3n) is 3.23. The topological polar surface area (TPSA) is 35.5 Å². The molecule has 0 N–H and O–H groups in total. The number of ether oxygens (including phenoxy) is 2. The fraction of sp³-hybridized carbons (Fsp3) is 0.167. The van der Waals surface area contributed by atoms with Crippen molar-refractivity contribution >= 4 is 23.6 Å². The first kappa shape index (κ1) is 16.2. The lowest BCUT2D eigenvalue weighted by Gasteiger charge is -2.07. The summed E-state index contributed by atoms with van der Waals surface area (Å²) < 4.78 is 10.5. The van der Waals surface area contributed by atoms with Crippen LogP contribution in [0.25, 0.3) is 6.08 Å². The predicted molar refractivity (Wildman–Crippen MR) is 91.1 cm³/mol. The average Bonchev–Trinajstić information content (AvgIpc) is 2.59. The third kappa shape index (κ3) is 3.92. The molecule has 4 heteroatoms. The van der Waals surface area contributed by atoms with Crippen molar-refractivity contribution in [2.45, 2.75) is 4.90 Å². The van der Waals surface area contributed by atoms with E-state index in [0.717, 1.165) is 16.2 Å². The van der Waals surface area contributed by atoms with Crippen molar-refractivity contribution in [1.82, 2.24) is 0 Å². The number of benzene rings is 2. The Bertz CT molecular complexity index is 675. The molecule has 2 aromatic rings. The van der Waals surface area contributed by atoms with Crippen LogP contribution in [0.15, 0.2) is 53.4 Å². The van der Waals surface area contributed by atoms with Gasteiger partial charge in [0.15, 0.2) is 5.78 Å². The first-order chi connectivity index (χ1) is 10.7. The molecule has 22 heavy (non-hydrogen) atoms. The summed E-state index contributed by atoms with van der Waals surface area (Å²) in [5.41, 5.74) is 1.46. The highest BCUT2D eigenvalue weighted by atomic mass is 32.2. The van der Waals surface area contributed by atoms with E-state index in [1.165, 1.54) is 0 Å². The summed E-state index contributed by atoms with van der Waals surface area (Å²) in [4.78, 5) is 13.3. The zero-order valence-corrected chi connectivity index (χ0v) is 13.6. The van der Waals surface area contributed by atoms with E-state index in [-0.39, 0.29) is 5.78 Å². The summed E-state index contributed by atoms with van der Waals surface area (Å²) in [5.74, 6) is 1.37. The van der Waals surface area contributed by atoms with E-state index in [0.29, 0.717) is 11.3 Å². The molecular formula is C18H18O3S. The normalized spacial score (nSPS) is 10.7. The molecule has 3 nitrogen and oxygen atoms in total. The van der Waals surface area contributed by atoms with E-state index in [1.807, 2.05) is 48.7 Å². The van der Waals surface area contributed by atoms with Gasteiger partial charge in [0.25, 0.3) is 0 Å². The van der Waals surface area contributed by atoms with Crippen molar-refractivity contribution < 1.29 is 14.3 Å². The van der Waals surface area contributed by atoms with Gasteiger partial charge in [-0.2, -0.15) is 0 Å². The van der Waals surface area contributed by atoms with Crippen molar-refractivity contribution in [2.75, 3.05) is 20.5 Å². The number of carbonyl (C=O) groups is 1. The molecule has 0 saturated carbocycles. The molecule has 0 fully saturated rings. The van der Waals surface area contributed by atoms with Gasteiger partial charge in [-0.25, -0.2) is 0 Å². The van der Waals surface area contributed by atoms with Crippen LogP contribution in [-0.2, 0) is 0 Å². The van der Waals surface area contributed by atoms with Crippen molar-refractivity contribution in [3.63, 3.8) is 0 Å². The van der Waals surface area contributed by atoms with Crippen molar-refractivity contribution in [1.29, 1.82) is 0 Å². The van der Waals surface area contributed by atoms with Gasteiger partial charge in [0.05, 0.1) is 14.2 Å². The van der Waals surface area contributed by atoms with E-state index in [1.54, 1.807) is 38.1 Å². The molecule has 0 heterocycles. The summed E-state index contributed by atoms with van der Waals surface area (Å²) in [6, 6.07) is 13.0. The molecule has 0 aliphatic heterocycles. The average molecular weight is 314 g/mol. The summed E-state index contributed by atoms with van der Waals surface area (Å²) in [6.07, 6.45) is 5.29. The van der Waals surface area contributed by atoms with Crippen molar-refractivity contribution in [3.8, 4) is 11.5 Å². The minimum absolute atomic E-state index is 0.0440. The second-order valence-corrected chi connectivity index (χ2v) is 5.41. The fourth-order valence-electron chi connectivity index (χ4n) is 1.99. The summed E-state index contributed by atoms with van der Waals surface area (Å²) in [6.45, 7) is 0. The van der Waals surface area contributed by atoms with E-state index in [9.17, 15) is 4.79 Å². The highest BCUT2D eigenvalue weighted by molar-refractivity contribution is 7.98. The molecule has 0 radical (unpaired) electrons. The van der Waals surface area contributed by atoms with Gasteiger partial charge < -0.3 is 9.47 Å². The van der Waals surface area contributed by atoms with Crippen molar-refractivity contribution in [3.05, 3.63) is 59.7 Å². The van der Waals surface area contributed by atoms with Crippen molar-refractivity contribution in [2.24, 2.45) is 0 Å². The number of thioether (sulfide) groups is 1. The van der Waals surface area contributed by atoms with Gasteiger partial charge in [-0.1, -0.05) is 0 Å². The number of hydrogen-bond acceptors (Lipinski definition) is 4. The number of allylic oxidation sites excluding steroid dienone is 1. The minimum atomic E-state index is -0.0440. The summed E-state index contributed by atoms with van der Waals surface area (Å²) >= 11 is 1.65. The Balaban J connectivity index is 2.21. The molecule has 2 rings (SSSR count). The maximum Gasteiger partial charge on any atom is 0.185 e. The lowest BCUT2D eigenvalue weighted by atomic mass is 10.1. The molecule has 0 unspecified atom stereocenters. The number of ketones is 1. The molecule has 0 aliphatic carbocycles. The fourth-order valence-corrected chi connectivity index (χ4v) is 2.39. The number of rotatable bonds is 6. The van der Waals surface area contributed by atoms with Gasteiger partial charge in [-0.3, -0.25) is 4.79 Å². The van der Waals surface area contributed by atoms with Crippen LogP contribution in [0.3, 0.4) is 0 Å². The first-order valence-corrected chi connectivity index (χ1v) is 7.99. The van der Waals surface area contributed by atoms with Gasteiger partial charge >= 0.3 is 0 Å². The Morgan fingerprint density at radius 2 is 1.77 bits per heavy atom. The number of carbonyl (C=O) groups excluding carboxylic acids is 1. The smallest absolute Gasteiger partial charge is 0.185 e. The third-order valence-corrected chi connectivity index (χ3v) is 3.97. The Morgan fingerprint density at radius 1 is 1.05 bits per heavy atom. The highest BCUT2D eigenvalue weighted by Gasteiger charge is 2.05. The molecule has 0 bridgehead atoms. The van der Waals surface area contributed by atoms with E-state index in [2.05, 4.69) is 0 Å². The standard InChI is InChI=1S/C18H18O3S/c1-20-15-7-11-18(21-2)14(12-15)6-10-17(19)13-4-8-16(22-3)9-5-13/h4-12H,1-3H3/b10-6+. The second kappa shape index (κ2) is 7.71. The lowest BCUT2D eigenvalue weighted by Crippen LogP contribution is -1.94. The zero-order chi connectivity index (χ0) is 15.9. The Labute approximate surface area is 135 Å². The molecule has 114 valence electrons.